The molecule has 0 bridgehead atoms. The number of aromatic nitrogens is 6. The van der Waals surface area contributed by atoms with E-state index in [1.807, 2.05) is 50.2 Å². The molecule has 146 valence electrons. The maximum atomic E-state index is 12.5. The molecule has 0 fully saturated rings. The lowest BCUT2D eigenvalue weighted by Gasteiger charge is -2.24. The van der Waals surface area contributed by atoms with Gasteiger partial charge in [0.05, 0.1) is 12.8 Å². The summed E-state index contributed by atoms with van der Waals surface area (Å²) < 4.78 is 8.92. The summed E-state index contributed by atoms with van der Waals surface area (Å²) in [5.74, 6) is 2.51. The minimum absolute atomic E-state index is 0.0624. The van der Waals surface area contributed by atoms with Gasteiger partial charge in [0.2, 0.25) is 5.91 Å². The molecule has 1 amide bonds. The van der Waals surface area contributed by atoms with E-state index in [4.69, 9.17) is 4.74 Å². The van der Waals surface area contributed by atoms with Gasteiger partial charge >= 0.3 is 0 Å². The number of rotatable bonds is 4. The number of carbonyl (C=O) groups is 1. The van der Waals surface area contributed by atoms with Gasteiger partial charge in [-0.1, -0.05) is 12.1 Å². The SMILES string of the molecule is CCOc1cccc([C@H]2CC(=O)Nc3c2cnn3-c2ccc3nnc(C)n3n2)c1. The molecule has 4 aromatic rings. The first-order chi connectivity index (χ1) is 14.1. The second-order valence-corrected chi connectivity index (χ2v) is 6.88. The second-order valence-electron chi connectivity index (χ2n) is 6.88. The van der Waals surface area contributed by atoms with E-state index in [9.17, 15) is 4.79 Å². The fraction of sp³-hybridized carbons (Fsp3) is 0.250. The van der Waals surface area contributed by atoms with E-state index in [2.05, 4.69) is 25.7 Å². The number of hydrogen-bond acceptors (Lipinski definition) is 6. The lowest BCUT2D eigenvalue weighted by atomic mass is 9.87. The van der Waals surface area contributed by atoms with E-state index in [1.165, 1.54) is 0 Å². The number of aryl methyl sites for hydroxylation is 1. The topological polar surface area (TPSA) is 99.2 Å². The molecular weight excluding hydrogens is 370 g/mol. The highest BCUT2D eigenvalue weighted by atomic mass is 16.5. The van der Waals surface area contributed by atoms with Crippen molar-refractivity contribution < 1.29 is 9.53 Å². The van der Waals surface area contributed by atoms with Crippen LogP contribution in [0.1, 0.15) is 36.2 Å². The van der Waals surface area contributed by atoms with Crippen LogP contribution in [0.25, 0.3) is 11.5 Å². The van der Waals surface area contributed by atoms with Gasteiger partial charge in [0, 0.05) is 17.9 Å². The van der Waals surface area contributed by atoms with Gasteiger partial charge in [-0.25, -0.2) is 0 Å². The Labute approximate surface area is 166 Å². The number of hydrogen-bond donors (Lipinski definition) is 1. The number of carbonyl (C=O) groups excluding carboxylic acids is 1. The number of benzene rings is 1. The van der Waals surface area contributed by atoms with Crippen LogP contribution in [0.15, 0.2) is 42.6 Å². The van der Waals surface area contributed by atoms with Gasteiger partial charge < -0.3 is 10.1 Å². The molecule has 0 spiro atoms. The highest BCUT2D eigenvalue weighted by Gasteiger charge is 2.31. The van der Waals surface area contributed by atoms with Gasteiger partial charge in [-0.15, -0.1) is 15.3 Å². The Kier molecular flexibility index (Phi) is 4.01. The van der Waals surface area contributed by atoms with Crippen molar-refractivity contribution >= 4 is 17.4 Å². The van der Waals surface area contributed by atoms with Crippen LogP contribution in [-0.2, 0) is 4.79 Å². The van der Waals surface area contributed by atoms with Crippen molar-refractivity contribution in [3.8, 4) is 11.6 Å². The van der Waals surface area contributed by atoms with Gasteiger partial charge in [0.25, 0.3) is 0 Å². The average Bonchev–Trinajstić information content (AvgIpc) is 3.31. The molecule has 1 aromatic carbocycles. The first-order valence-corrected chi connectivity index (χ1v) is 9.44. The van der Waals surface area contributed by atoms with Gasteiger partial charge in [-0.2, -0.15) is 14.3 Å². The van der Waals surface area contributed by atoms with E-state index in [0.29, 0.717) is 36.1 Å². The molecule has 0 aliphatic carbocycles. The third kappa shape index (κ3) is 2.91. The molecule has 4 heterocycles. The predicted molar refractivity (Wildman–Crippen MR) is 105 cm³/mol. The third-order valence-electron chi connectivity index (χ3n) is 5.01. The summed E-state index contributed by atoms with van der Waals surface area (Å²) in [5, 5.41) is 20.1. The zero-order valence-electron chi connectivity index (χ0n) is 16.0. The molecule has 1 atom stereocenters. The molecule has 1 aliphatic rings. The summed E-state index contributed by atoms with van der Waals surface area (Å²) in [4.78, 5) is 12.5. The minimum Gasteiger partial charge on any atom is -0.494 e. The van der Waals surface area contributed by atoms with Gasteiger partial charge in [0.15, 0.2) is 17.3 Å². The molecule has 1 N–H and O–H groups in total. The standard InChI is InChI=1S/C20H19N7O2/c1-3-29-14-6-4-5-13(9-14)15-10-19(28)22-20-16(15)11-21-27(20)18-8-7-17-24-23-12(2)26(17)25-18/h4-9,11,15H,3,10H2,1-2H3,(H,22,28)/t15-/m1/s1. The number of amides is 1. The highest BCUT2D eigenvalue weighted by Crippen LogP contribution is 2.38. The zero-order valence-corrected chi connectivity index (χ0v) is 16.0. The Morgan fingerprint density at radius 2 is 2.14 bits per heavy atom. The molecule has 0 saturated carbocycles. The molecule has 0 saturated heterocycles. The molecule has 0 radical (unpaired) electrons. The number of fused-ring (bicyclic) bond motifs is 2. The number of nitrogens with one attached hydrogen (secondary N) is 1. The first kappa shape index (κ1) is 17.4. The van der Waals surface area contributed by atoms with Crippen LogP contribution >= 0.6 is 0 Å². The summed E-state index contributed by atoms with van der Waals surface area (Å²) in [7, 11) is 0. The molecule has 0 unspecified atom stereocenters. The number of ether oxygens (including phenoxy) is 1. The van der Waals surface area contributed by atoms with Crippen molar-refractivity contribution in [1.29, 1.82) is 0 Å². The van der Waals surface area contributed by atoms with Crippen LogP contribution in [-0.4, -0.2) is 42.1 Å². The Morgan fingerprint density at radius 3 is 3.00 bits per heavy atom. The van der Waals surface area contributed by atoms with Gasteiger partial charge in [0.1, 0.15) is 11.6 Å². The molecule has 1 aliphatic heterocycles. The maximum Gasteiger partial charge on any atom is 0.226 e. The zero-order chi connectivity index (χ0) is 20.0. The quantitative estimate of drug-likeness (QED) is 0.576. The van der Waals surface area contributed by atoms with Crippen LogP contribution in [0.2, 0.25) is 0 Å². The summed E-state index contributed by atoms with van der Waals surface area (Å²) in [5.41, 5.74) is 2.62. The Hall–Kier alpha value is -3.75. The van der Waals surface area contributed by atoms with Crippen LogP contribution in [0.5, 0.6) is 5.75 Å². The third-order valence-corrected chi connectivity index (χ3v) is 5.01. The average molecular weight is 389 g/mol. The minimum atomic E-state index is -0.103. The van der Waals surface area contributed by atoms with Crippen LogP contribution in [0.4, 0.5) is 5.82 Å². The van der Waals surface area contributed by atoms with E-state index in [0.717, 1.165) is 16.9 Å². The molecule has 5 rings (SSSR count). The van der Waals surface area contributed by atoms with E-state index in [-0.39, 0.29) is 11.8 Å². The molecule has 9 heteroatoms. The normalized spacial score (nSPS) is 15.9. The van der Waals surface area contributed by atoms with E-state index >= 15 is 0 Å². The Morgan fingerprint density at radius 1 is 1.24 bits per heavy atom. The fourth-order valence-electron chi connectivity index (χ4n) is 3.68. The summed E-state index contributed by atoms with van der Waals surface area (Å²) >= 11 is 0. The van der Waals surface area contributed by atoms with Crippen molar-refractivity contribution in [2.45, 2.75) is 26.2 Å². The van der Waals surface area contributed by atoms with Gasteiger partial charge in [-0.3, -0.25) is 4.79 Å². The lowest BCUT2D eigenvalue weighted by molar-refractivity contribution is -0.116. The van der Waals surface area contributed by atoms with Crippen molar-refractivity contribution in [3.05, 3.63) is 59.5 Å². The first-order valence-electron chi connectivity index (χ1n) is 9.44. The van der Waals surface area contributed by atoms with Crippen LogP contribution in [0.3, 0.4) is 0 Å². The van der Waals surface area contributed by atoms with Crippen LogP contribution < -0.4 is 10.1 Å². The second kappa shape index (κ2) is 6.69. The Bertz CT molecular complexity index is 1230. The Balaban J connectivity index is 1.59. The van der Waals surface area contributed by atoms with Crippen molar-refractivity contribution in [2.24, 2.45) is 0 Å². The number of anilines is 1. The summed E-state index contributed by atoms with van der Waals surface area (Å²) in [6, 6.07) is 11.5. The molecular formula is C20H19N7O2. The van der Waals surface area contributed by atoms with E-state index < -0.39 is 0 Å². The highest BCUT2D eigenvalue weighted by molar-refractivity contribution is 5.94. The van der Waals surface area contributed by atoms with Crippen molar-refractivity contribution in [1.82, 2.24) is 29.6 Å². The largest absolute Gasteiger partial charge is 0.494 e. The smallest absolute Gasteiger partial charge is 0.226 e. The molecule has 29 heavy (non-hydrogen) atoms. The summed E-state index contributed by atoms with van der Waals surface area (Å²) in [6.45, 7) is 4.37. The molecule has 3 aromatic heterocycles. The molecule has 9 nitrogen and oxygen atoms in total. The van der Waals surface area contributed by atoms with Crippen molar-refractivity contribution in [2.75, 3.05) is 11.9 Å². The summed E-state index contributed by atoms with van der Waals surface area (Å²) in [6.07, 6.45) is 2.14. The monoisotopic (exact) mass is 389 g/mol. The van der Waals surface area contributed by atoms with Gasteiger partial charge in [-0.05, 0) is 43.7 Å². The maximum absolute atomic E-state index is 12.5. The van der Waals surface area contributed by atoms with Crippen LogP contribution in [0, 0.1) is 6.92 Å². The van der Waals surface area contributed by atoms with Crippen molar-refractivity contribution in [3.63, 3.8) is 0 Å². The fourth-order valence-corrected chi connectivity index (χ4v) is 3.68. The van der Waals surface area contributed by atoms with E-state index in [1.54, 1.807) is 15.4 Å². The number of nitrogens with zero attached hydrogens (tertiary/aromatic N) is 6. The lowest BCUT2D eigenvalue weighted by Crippen LogP contribution is -2.25. The predicted octanol–water partition coefficient (Wildman–Crippen LogP) is 2.49.